The number of hydrogen-bond acceptors (Lipinski definition) is 7. The number of pyridine rings is 1. The van der Waals surface area contributed by atoms with Gasteiger partial charge in [-0.15, -0.1) is 5.10 Å². The van der Waals surface area contributed by atoms with Crippen molar-refractivity contribution in [2.24, 2.45) is 0 Å². The maximum absolute atomic E-state index is 12.3. The van der Waals surface area contributed by atoms with E-state index in [-0.39, 0.29) is 5.78 Å². The summed E-state index contributed by atoms with van der Waals surface area (Å²) in [5.41, 5.74) is 4.54. The van der Waals surface area contributed by atoms with Crippen molar-refractivity contribution in [1.29, 1.82) is 0 Å². The molecule has 9 heteroatoms. The summed E-state index contributed by atoms with van der Waals surface area (Å²) in [6.45, 7) is 3.46. The number of aryl methyl sites for hydroxylation is 1. The van der Waals surface area contributed by atoms with Gasteiger partial charge < -0.3 is 14.8 Å². The topological polar surface area (TPSA) is 91.2 Å². The number of nitrogens with one attached hydrogen (secondary N) is 1. The van der Waals surface area contributed by atoms with Crippen molar-refractivity contribution in [3.63, 3.8) is 0 Å². The van der Waals surface area contributed by atoms with E-state index in [1.165, 1.54) is 12.8 Å². The first-order valence-corrected chi connectivity index (χ1v) is 16.6. The van der Waals surface area contributed by atoms with E-state index in [9.17, 15) is 4.79 Å². The lowest BCUT2D eigenvalue weighted by molar-refractivity contribution is 0.104. The van der Waals surface area contributed by atoms with Crippen LogP contribution in [-0.4, -0.2) is 45.5 Å². The molecule has 46 heavy (non-hydrogen) atoms. The lowest BCUT2D eigenvalue weighted by atomic mass is 10.1. The van der Waals surface area contributed by atoms with Gasteiger partial charge >= 0.3 is 0 Å². The van der Waals surface area contributed by atoms with Crippen molar-refractivity contribution in [2.45, 2.75) is 64.5 Å². The Kier molecular flexibility index (Phi) is 13.0. The van der Waals surface area contributed by atoms with Gasteiger partial charge in [0.1, 0.15) is 11.4 Å². The van der Waals surface area contributed by atoms with Gasteiger partial charge in [0.15, 0.2) is 5.78 Å². The lowest BCUT2D eigenvalue weighted by Gasteiger charge is -2.09. The average Bonchev–Trinajstić information content (AvgIpc) is 3.77. The molecule has 1 aliphatic carbocycles. The van der Waals surface area contributed by atoms with Crippen LogP contribution in [0.4, 0.5) is 5.69 Å². The van der Waals surface area contributed by atoms with E-state index in [0.29, 0.717) is 30.4 Å². The predicted molar refractivity (Wildman–Crippen MR) is 184 cm³/mol. The van der Waals surface area contributed by atoms with Gasteiger partial charge in [-0.1, -0.05) is 66.8 Å². The van der Waals surface area contributed by atoms with Crippen LogP contribution in [0.25, 0.3) is 10.9 Å². The molecule has 0 radical (unpaired) electrons. The molecule has 0 atom stereocenters. The molecule has 2 aromatic heterocycles. The average molecular weight is 640 g/mol. The Labute approximate surface area is 276 Å². The molecule has 0 fully saturated rings. The summed E-state index contributed by atoms with van der Waals surface area (Å²) in [4.78, 5) is 16.7. The normalized spacial score (nSPS) is 12.7. The second kappa shape index (κ2) is 18.0. The van der Waals surface area contributed by atoms with Gasteiger partial charge in [0.2, 0.25) is 0 Å². The maximum Gasteiger partial charge on any atom is 0.185 e. The van der Waals surface area contributed by atoms with E-state index in [1.807, 2.05) is 71.6 Å². The molecule has 0 unspecified atom stereocenters. The fourth-order valence-corrected chi connectivity index (χ4v) is 5.39. The van der Waals surface area contributed by atoms with Crippen molar-refractivity contribution in [2.75, 3.05) is 25.1 Å². The van der Waals surface area contributed by atoms with Crippen LogP contribution < -0.4 is 10.1 Å². The zero-order valence-electron chi connectivity index (χ0n) is 26.2. The second-order valence-corrected chi connectivity index (χ2v) is 11.8. The molecule has 2 aromatic carbocycles. The van der Waals surface area contributed by atoms with Crippen LogP contribution in [0.3, 0.4) is 0 Å². The molecule has 240 valence electrons. The Morgan fingerprint density at radius 2 is 1.83 bits per heavy atom. The number of unbranched alkanes of at least 4 members (excludes halogenated alkanes) is 5. The summed E-state index contributed by atoms with van der Waals surface area (Å²) in [5, 5.41) is 13.7. The van der Waals surface area contributed by atoms with E-state index < -0.39 is 0 Å². The molecule has 8 nitrogen and oxygen atoms in total. The Balaban J connectivity index is 0.854. The van der Waals surface area contributed by atoms with Crippen molar-refractivity contribution in [1.82, 2.24) is 20.0 Å². The quantitative estimate of drug-likeness (QED) is 0.0588. The highest BCUT2D eigenvalue weighted by Gasteiger charge is 2.05. The van der Waals surface area contributed by atoms with Crippen molar-refractivity contribution < 1.29 is 14.3 Å². The predicted octanol–water partition coefficient (Wildman–Crippen LogP) is 8.54. The molecular weight excluding hydrogens is 598 g/mol. The van der Waals surface area contributed by atoms with Gasteiger partial charge in [0.05, 0.1) is 24.9 Å². The molecule has 1 aliphatic rings. The molecule has 0 saturated carbocycles. The van der Waals surface area contributed by atoms with E-state index in [1.54, 1.807) is 12.3 Å². The highest BCUT2D eigenvalue weighted by Crippen LogP contribution is 2.24. The van der Waals surface area contributed by atoms with E-state index in [4.69, 9.17) is 21.1 Å². The number of aromatic nitrogens is 4. The van der Waals surface area contributed by atoms with Crippen LogP contribution in [0, 0.1) is 0 Å². The van der Waals surface area contributed by atoms with E-state index in [0.717, 1.165) is 85.2 Å². The van der Waals surface area contributed by atoms with Gasteiger partial charge in [0.25, 0.3) is 0 Å². The van der Waals surface area contributed by atoms with Crippen LogP contribution >= 0.6 is 11.6 Å². The summed E-state index contributed by atoms with van der Waals surface area (Å²) in [7, 11) is 0. The third kappa shape index (κ3) is 10.7. The Hall–Kier alpha value is -4.27. The second-order valence-electron chi connectivity index (χ2n) is 11.4. The monoisotopic (exact) mass is 639 g/mol. The van der Waals surface area contributed by atoms with Crippen LogP contribution in [-0.2, 0) is 17.9 Å². The smallest absolute Gasteiger partial charge is 0.185 e. The molecule has 5 rings (SSSR count). The van der Waals surface area contributed by atoms with Gasteiger partial charge in [-0.3, -0.25) is 14.5 Å². The number of ketones is 1. The summed E-state index contributed by atoms with van der Waals surface area (Å²) < 4.78 is 13.6. The summed E-state index contributed by atoms with van der Waals surface area (Å²) in [5.74, 6) is 0.808. The van der Waals surface area contributed by atoms with Crippen molar-refractivity contribution in [3.05, 3.63) is 113 Å². The minimum absolute atomic E-state index is 0.00433. The highest BCUT2D eigenvalue weighted by atomic mass is 35.5. The SMILES string of the molecule is O=C(/C=C/C1=CCC=C1)c1ccc(OCCCCCCCCn2cc(COCCCNc3ccnc4cc(Cl)ccc34)nn2)cc1. The van der Waals surface area contributed by atoms with Gasteiger partial charge in [-0.05, 0) is 85.9 Å². The number of allylic oxidation sites excluding steroid dienone is 6. The van der Waals surface area contributed by atoms with Gasteiger partial charge in [0, 0.05) is 47.6 Å². The fraction of sp³-hybridized carbons (Fsp3) is 0.351. The Bertz CT molecular complexity index is 1640. The minimum atomic E-state index is 0.00433. The molecule has 2 heterocycles. The molecule has 0 bridgehead atoms. The number of carbonyl (C=O) groups excluding carboxylic acids is 1. The number of anilines is 1. The molecule has 0 aliphatic heterocycles. The minimum Gasteiger partial charge on any atom is -0.494 e. The standard InChI is InChI=1S/C37H42ClN5O3/c38-31-15-18-34-35(20-22-40-36(34)26-31)39-21-9-24-45-28-32-27-43(42-41-32)23-7-3-1-2-4-8-25-46-33-16-13-30(14-17-33)37(44)19-12-29-10-5-6-11-29/h5,10-20,22,26-27H,1-4,6-9,21,23-25,28H2,(H,39,40)/b19-12+. The van der Waals surface area contributed by atoms with Gasteiger partial charge in [-0.25, -0.2) is 0 Å². The van der Waals surface area contributed by atoms with Crippen molar-refractivity contribution >= 4 is 34.0 Å². The molecular formula is C37H42ClN5O3. The zero-order chi connectivity index (χ0) is 31.8. The number of rotatable bonds is 20. The zero-order valence-corrected chi connectivity index (χ0v) is 27.0. The van der Waals surface area contributed by atoms with E-state index >= 15 is 0 Å². The number of benzene rings is 2. The lowest BCUT2D eigenvalue weighted by Crippen LogP contribution is -2.06. The third-order valence-corrected chi connectivity index (χ3v) is 7.97. The molecule has 0 amide bonds. The number of carbonyl (C=O) groups is 1. The van der Waals surface area contributed by atoms with Crippen LogP contribution in [0.2, 0.25) is 5.02 Å². The summed E-state index contributed by atoms with van der Waals surface area (Å²) in [6.07, 6.45) is 22.1. The molecule has 1 N–H and O–H groups in total. The molecule has 0 spiro atoms. The summed E-state index contributed by atoms with van der Waals surface area (Å²) >= 11 is 6.08. The fourth-order valence-electron chi connectivity index (χ4n) is 5.22. The number of nitrogens with zero attached hydrogens (tertiary/aromatic N) is 4. The molecule has 4 aromatic rings. The third-order valence-electron chi connectivity index (χ3n) is 7.74. The number of hydrogen-bond donors (Lipinski definition) is 1. The Morgan fingerprint density at radius 3 is 2.67 bits per heavy atom. The Morgan fingerprint density at radius 1 is 0.978 bits per heavy atom. The first-order valence-electron chi connectivity index (χ1n) is 16.2. The van der Waals surface area contributed by atoms with E-state index in [2.05, 4.69) is 32.8 Å². The highest BCUT2D eigenvalue weighted by molar-refractivity contribution is 6.31. The number of fused-ring (bicyclic) bond motifs is 1. The molecule has 0 saturated heterocycles. The first-order chi connectivity index (χ1) is 22.6. The van der Waals surface area contributed by atoms with Crippen molar-refractivity contribution in [3.8, 4) is 5.75 Å². The van der Waals surface area contributed by atoms with Gasteiger partial charge in [-0.2, -0.15) is 0 Å². The summed E-state index contributed by atoms with van der Waals surface area (Å²) in [6, 6.07) is 15.1. The number of halogens is 1. The van der Waals surface area contributed by atoms with Crippen LogP contribution in [0.1, 0.15) is 67.4 Å². The number of ether oxygens (including phenoxy) is 2. The maximum atomic E-state index is 12.3. The largest absolute Gasteiger partial charge is 0.494 e. The van der Waals surface area contributed by atoms with Crippen LogP contribution in [0.5, 0.6) is 5.75 Å². The first kappa shape index (κ1) is 33.1. The van der Waals surface area contributed by atoms with Crippen LogP contribution in [0.15, 0.2) is 96.9 Å².